The van der Waals surface area contributed by atoms with Gasteiger partial charge in [-0.25, -0.2) is 4.39 Å². The van der Waals surface area contributed by atoms with Crippen molar-refractivity contribution < 1.29 is 4.39 Å². The summed E-state index contributed by atoms with van der Waals surface area (Å²) in [6.07, 6.45) is 4.18. The van der Waals surface area contributed by atoms with E-state index in [2.05, 4.69) is 6.92 Å². The van der Waals surface area contributed by atoms with Crippen molar-refractivity contribution in [2.24, 2.45) is 11.7 Å². The van der Waals surface area contributed by atoms with Crippen molar-refractivity contribution in [2.75, 3.05) is 0 Å². The molecule has 88 valence electrons. The molecule has 2 atom stereocenters. The highest BCUT2D eigenvalue weighted by atomic mass is 35.5. The van der Waals surface area contributed by atoms with Gasteiger partial charge in [-0.15, -0.1) is 0 Å². The first-order valence-corrected chi connectivity index (χ1v) is 6.16. The molecular formula is C13H17ClFN. The fourth-order valence-corrected chi connectivity index (χ4v) is 2.80. The number of hydrogen-bond acceptors (Lipinski definition) is 1. The van der Waals surface area contributed by atoms with Crippen LogP contribution in [0.25, 0.3) is 0 Å². The van der Waals surface area contributed by atoms with E-state index in [0.717, 1.165) is 19.3 Å². The second-order valence-corrected chi connectivity index (χ2v) is 5.25. The van der Waals surface area contributed by atoms with Crippen LogP contribution in [0.3, 0.4) is 0 Å². The van der Waals surface area contributed by atoms with Crippen molar-refractivity contribution in [2.45, 2.75) is 38.1 Å². The summed E-state index contributed by atoms with van der Waals surface area (Å²) in [5.41, 5.74) is 6.49. The molecule has 0 amide bonds. The molecule has 2 unspecified atom stereocenters. The molecule has 0 heterocycles. The van der Waals surface area contributed by atoms with Crippen LogP contribution in [-0.2, 0) is 5.54 Å². The Morgan fingerprint density at radius 1 is 1.44 bits per heavy atom. The van der Waals surface area contributed by atoms with Crippen molar-refractivity contribution in [1.29, 1.82) is 0 Å². The van der Waals surface area contributed by atoms with Gasteiger partial charge in [-0.1, -0.05) is 37.4 Å². The lowest BCUT2D eigenvalue weighted by Gasteiger charge is -2.40. The van der Waals surface area contributed by atoms with E-state index in [9.17, 15) is 4.39 Å². The zero-order chi connectivity index (χ0) is 11.8. The maximum Gasteiger partial charge on any atom is 0.129 e. The van der Waals surface area contributed by atoms with Crippen LogP contribution in [0.4, 0.5) is 4.39 Å². The molecule has 0 radical (unpaired) electrons. The first kappa shape index (κ1) is 11.9. The Balaban J connectivity index is 2.41. The van der Waals surface area contributed by atoms with Crippen molar-refractivity contribution in [1.82, 2.24) is 0 Å². The highest BCUT2D eigenvalue weighted by Crippen LogP contribution is 2.40. The van der Waals surface area contributed by atoms with Crippen LogP contribution in [-0.4, -0.2) is 0 Å². The number of benzene rings is 1. The Kier molecular flexibility index (Phi) is 3.22. The quantitative estimate of drug-likeness (QED) is 0.794. The molecule has 1 saturated carbocycles. The van der Waals surface area contributed by atoms with Gasteiger partial charge in [-0.2, -0.15) is 0 Å². The van der Waals surface area contributed by atoms with Crippen molar-refractivity contribution in [3.8, 4) is 0 Å². The van der Waals surface area contributed by atoms with Gasteiger partial charge in [0, 0.05) is 16.1 Å². The Morgan fingerprint density at radius 3 is 2.81 bits per heavy atom. The summed E-state index contributed by atoms with van der Waals surface area (Å²) >= 11 is 5.76. The molecule has 1 aromatic rings. The molecule has 2 N–H and O–H groups in total. The van der Waals surface area contributed by atoms with Gasteiger partial charge in [0.2, 0.25) is 0 Å². The van der Waals surface area contributed by atoms with Gasteiger partial charge in [0.1, 0.15) is 5.82 Å². The van der Waals surface area contributed by atoms with Crippen LogP contribution < -0.4 is 5.73 Å². The molecule has 1 aromatic carbocycles. The monoisotopic (exact) mass is 241 g/mol. The fourth-order valence-electron chi connectivity index (χ4n) is 2.64. The predicted molar refractivity (Wildman–Crippen MR) is 64.9 cm³/mol. The predicted octanol–water partition coefficient (Wildman–Crippen LogP) is 3.84. The third-order valence-corrected chi connectivity index (χ3v) is 4.02. The van der Waals surface area contributed by atoms with Gasteiger partial charge in [0.05, 0.1) is 0 Å². The van der Waals surface area contributed by atoms with Gasteiger partial charge < -0.3 is 5.73 Å². The SMILES string of the molecule is CC1CCCCC1(N)c1ccc(Cl)cc1F. The highest BCUT2D eigenvalue weighted by molar-refractivity contribution is 6.30. The molecule has 3 heteroatoms. The summed E-state index contributed by atoms with van der Waals surface area (Å²) in [6.45, 7) is 2.10. The second kappa shape index (κ2) is 4.34. The molecule has 0 aliphatic heterocycles. The normalized spacial score (nSPS) is 30.4. The summed E-state index contributed by atoms with van der Waals surface area (Å²) in [6, 6.07) is 4.81. The molecule has 1 aliphatic rings. The maximum atomic E-state index is 13.9. The Morgan fingerprint density at radius 2 is 2.19 bits per heavy atom. The fraction of sp³-hybridized carbons (Fsp3) is 0.538. The first-order valence-electron chi connectivity index (χ1n) is 5.78. The Bertz CT molecular complexity index is 394. The van der Waals surface area contributed by atoms with Gasteiger partial charge in [-0.05, 0) is 30.9 Å². The molecule has 0 aromatic heterocycles. The van der Waals surface area contributed by atoms with E-state index in [1.54, 1.807) is 12.1 Å². The average Bonchev–Trinajstić information content (AvgIpc) is 2.22. The lowest BCUT2D eigenvalue weighted by atomic mass is 9.70. The molecule has 0 bridgehead atoms. The Hall–Kier alpha value is -0.600. The molecule has 16 heavy (non-hydrogen) atoms. The molecule has 2 rings (SSSR count). The summed E-state index contributed by atoms with van der Waals surface area (Å²) in [7, 11) is 0. The van der Waals surface area contributed by atoms with E-state index in [0.29, 0.717) is 16.5 Å². The van der Waals surface area contributed by atoms with Crippen LogP contribution in [0.5, 0.6) is 0 Å². The van der Waals surface area contributed by atoms with Gasteiger partial charge in [0.15, 0.2) is 0 Å². The summed E-state index contributed by atoms with van der Waals surface area (Å²) in [5.74, 6) is 0.0423. The van der Waals surface area contributed by atoms with E-state index in [-0.39, 0.29) is 5.82 Å². The average molecular weight is 242 g/mol. The van der Waals surface area contributed by atoms with Gasteiger partial charge in [0.25, 0.3) is 0 Å². The van der Waals surface area contributed by atoms with Crippen molar-refractivity contribution >= 4 is 11.6 Å². The third-order valence-electron chi connectivity index (χ3n) is 3.79. The zero-order valence-electron chi connectivity index (χ0n) is 9.47. The molecule has 1 nitrogen and oxygen atoms in total. The van der Waals surface area contributed by atoms with Crippen molar-refractivity contribution in [3.05, 3.63) is 34.6 Å². The van der Waals surface area contributed by atoms with E-state index in [1.165, 1.54) is 12.5 Å². The maximum absolute atomic E-state index is 13.9. The van der Waals surface area contributed by atoms with Crippen LogP contribution >= 0.6 is 11.6 Å². The number of halogens is 2. The lowest BCUT2D eigenvalue weighted by Crippen LogP contribution is -2.45. The smallest absolute Gasteiger partial charge is 0.129 e. The number of rotatable bonds is 1. The third kappa shape index (κ3) is 1.96. The van der Waals surface area contributed by atoms with Gasteiger partial charge in [-0.3, -0.25) is 0 Å². The summed E-state index contributed by atoms with van der Waals surface area (Å²) < 4.78 is 13.9. The topological polar surface area (TPSA) is 26.0 Å². The lowest BCUT2D eigenvalue weighted by molar-refractivity contribution is 0.201. The van der Waals surface area contributed by atoms with Crippen LogP contribution in [0.1, 0.15) is 38.2 Å². The first-order chi connectivity index (χ1) is 7.54. The molecule has 0 saturated heterocycles. The van der Waals surface area contributed by atoms with Crippen molar-refractivity contribution in [3.63, 3.8) is 0 Å². The van der Waals surface area contributed by atoms with Crippen LogP contribution in [0, 0.1) is 11.7 Å². The largest absolute Gasteiger partial charge is 0.321 e. The van der Waals surface area contributed by atoms with E-state index >= 15 is 0 Å². The summed E-state index contributed by atoms with van der Waals surface area (Å²) in [4.78, 5) is 0. The molecular weight excluding hydrogens is 225 g/mol. The molecule has 1 fully saturated rings. The highest BCUT2D eigenvalue weighted by Gasteiger charge is 2.37. The minimum absolute atomic E-state index is 0.274. The summed E-state index contributed by atoms with van der Waals surface area (Å²) in [5, 5.41) is 0.424. The second-order valence-electron chi connectivity index (χ2n) is 4.81. The number of nitrogens with two attached hydrogens (primary N) is 1. The molecule has 1 aliphatic carbocycles. The van der Waals surface area contributed by atoms with E-state index < -0.39 is 5.54 Å². The zero-order valence-corrected chi connectivity index (χ0v) is 10.2. The standard InChI is InChI=1S/C13H17ClFN/c1-9-4-2-3-7-13(9,16)11-6-5-10(14)8-12(11)15/h5-6,8-9H,2-4,7,16H2,1H3. The van der Waals surface area contributed by atoms with Crippen LogP contribution in [0.15, 0.2) is 18.2 Å². The minimum Gasteiger partial charge on any atom is -0.321 e. The van der Waals surface area contributed by atoms with Gasteiger partial charge >= 0.3 is 0 Å². The minimum atomic E-state index is -0.521. The number of hydrogen-bond donors (Lipinski definition) is 1. The van der Waals surface area contributed by atoms with E-state index in [1.807, 2.05) is 0 Å². The molecule has 0 spiro atoms. The van der Waals surface area contributed by atoms with Crippen LogP contribution in [0.2, 0.25) is 5.02 Å². The Labute approximate surface area is 101 Å². The van der Waals surface area contributed by atoms with E-state index in [4.69, 9.17) is 17.3 Å².